The predicted octanol–water partition coefficient (Wildman–Crippen LogP) is 2.67. The number of nitrogens with two attached hydrogens (primary N) is 1. The zero-order valence-electron chi connectivity index (χ0n) is 11.6. The molecule has 0 bridgehead atoms. The number of nitrogens with zero attached hydrogens (tertiary/aromatic N) is 4. The zero-order valence-corrected chi connectivity index (χ0v) is 12.4. The first-order chi connectivity index (χ1) is 9.69. The van der Waals surface area contributed by atoms with Crippen molar-refractivity contribution in [2.24, 2.45) is 11.7 Å². The summed E-state index contributed by atoms with van der Waals surface area (Å²) in [5, 5.41) is 3.92. The van der Waals surface area contributed by atoms with Gasteiger partial charge in [0.25, 0.3) is 0 Å². The van der Waals surface area contributed by atoms with Crippen LogP contribution >= 0.6 is 11.5 Å². The molecule has 1 aromatic carbocycles. The predicted molar refractivity (Wildman–Crippen MR) is 81.4 cm³/mol. The summed E-state index contributed by atoms with van der Waals surface area (Å²) in [6, 6.07) is 6.23. The molecule has 0 spiro atoms. The van der Waals surface area contributed by atoms with Gasteiger partial charge in [0.2, 0.25) is 0 Å². The van der Waals surface area contributed by atoms with E-state index in [0.717, 1.165) is 33.8 Å². The lowest BCUT2D eigenvalue weighted by Gasteiger charge is -2.10. The molecule has 2 N–H and O–H groups in total. The van der Waals surface area contributed by atoms with Crippen molar-refractivity contribution in [3.05, 3.63) is 30.0 Å². The first-order valence-corrected chi connectivity index (χ1v) is 7.43. The molecule has 104 valence electrons. The quantitative estimate of drug-likeness (QED) is 0.801. The lowest BCUT2D eigenvalue weighted by Crippen LogP contribution is -2.05. The van der Waals surface area contributed by atoms with Gasteiger partial charge in [-0.25, -0.2) is 4.98 Å². The molecule has 2 aromatic heterocycles. The van der Waals surface area contributed by atoms with E-state index in [-0.39, 0.29) is 0 Å². The minimum atomic E-state index is 0.532. The van der Waals surface area contributed by atoms with Crippen LogP contribution in [0.1, 0.15) is 19.4 Å². The lowest BCUT2D eigenvalue weighted by atomic mass is 10.2. The van der Waals surface area contributed by atoms with E-state index in [1.807, 2.05) is 0 Å². The number of benzene rings is 1. The Bertz CT molecular complexity index is 715. The molecule has 0 radical (unpaired) electrons. The van der Waals surface area contributed by atoms with Crippen molar-refractivity contribution in [3.8, 4) is 10.7 Å². The largest absolute Gasteiger partial charge is 0.326 e. The number of aromatic nitrogens is 4. The van der Waals surface area contributed by atoms with Crippen molar-refractivity contribution in [2.45, 2.75) is 26.9 Å². The van der Waals surface area contributed by atoms with Crippen LogP contribution in [0, 0.1) is 5.92 Å². The Kier molecular flexibility index (Phi) is 3.50. The highest BCUT2D eigenvalue weighted by molar-refractivity contribution is 7.09. The van der Waals surface area contributed by atoms with E-state index in [1.54, 1.807) is 6.20 Å². The van der Waals surface area contributed by atoms with Crippen LogP contribution in [0.4, 0.5) is 0 Å². The fourth-order valence-corrected chi connectivity index (χ4v) is 2.82. The Hall–Kier alpha value is -1.79. The first-order valence-electron chi connectivity index (χ1n) is 6.66. The van der Waals surface area contributed by atoms with Gasteiger partial charge in [0, 0.05) is 13.1 Å². The van der Waals surface area contributed by atoms with Crippen molar-refractivity contribution in [1.82, 2.24) is 19.1 Å². The summed E-state index contributed by atoms with van der Waals surface area (Å²) >= 11 is 1.37. The second kappa shape index (κ2) is 5.30. The topological polar surface area (TPSA) is 69.6 Å². The van der Waals surface area contributed by atoms with Crippen molar-refractivity contribution in [3.63, 3.8) is 0 Å². The SMILES string of the molecule is CC(C)Cn1c(-c2cnns2)nc2cc(CN)ccc21. The summed E-state index contributed by atoms with van der Waals surface area (Å²) in [7, 11) is 0. The molecule has 0 atom stereocenters. The number of hydrogen-bond acceptors (Lipinski definition) is 5. The minimum Gasteiger partial charge on any atom is -0.326 e. The van der Waals surface area contributed by atoms with Gasteiger partial charge in [-0.3, -0.25) is 0 Å². The molecule has 20 heavy (non-hydrogen) atoms. The number of fused-ring (bicyclic) bond motifs is 1. The monoisotopic (exact) mass is 287 g/mol. The fraction of sp³-hybridized carbons (Fsp3) is 0.357. The van der Waals surface area contributed by atoms with Crippen LogP contribution < -0.4 is 5.73 Å². The van der Waals surface area contributed by atoms with Gasteiger partial charge in [0.15, 0.2) is 5.82 Å². The molecule has 0 amide bonds. The molecule has 0 aliphatic carbocycles. The van der Waals surface area contributed by atoms with E-state index in [2.05, 4.69) is 46.2 Å². The Morgan fingerprint density at radius 3 is 2.85 bits per heavy atom. The molecule has 2 heterocycles. The normalized spacial score (nSPS) is 11.6. The Labute approximate surface area is 121 Å². The van der Waals surface area contributed by atoms with Crippen LogP contribution in [-0.2, 0) is 13.1 Å². The maximum atomic E-state index is 5.71. The number of imidazole rings is 1. The second-order valence-corrected chi connectivity index (χ2v) is 6.03. The summed E-state index contributed by atoms with van der Waals surface area (Å²) in [6.07, 6.45) is 1.77. The van der Waals surface area contributed by atoms with Gasteiger partial charge < -0.3 is 10.3 Å². The highest BCUT2D eigenvalue weighted by Gasteiger charge is 2.15. The average Bonchev–Trinajstić information content (AvgIpc) is 3.05. The van der Waals surface area contributed by atoms with E-state index < -0.39 is 0 Å². The van der Waals surface area contributed by atoms with Crippen molar-refractivity contribution in [1.29, 1.82) is 0 Å². The van der Waals surface area contributed by atoms with E-state index >= 15 is 0 Å². The number of rotatable bonds is 4. The van der Waals surface area contributed by atoms with Gasteiger partial charge >= 0.3 is 0 Å². The summed E-state index contributed by atoms with van der Waals surface area (Å²) < 4.78 is 6.19. The van der Waals surface area contributed by atoms with Crippen LogP contribution in [-0.4, -0.2) is 19.1 Å². The van der Waals surface area contributed by atoms with Crippen LogP contribution in [0.15, 0.2) is 24.4 Å². The third kappa shape index (κ3) is 2.32. The van der Waals surface area contributed by atoms with Gasteiger partial charge in [-0.05, 0) is 35.1 Å². The van der Waals surface area contributed by atoms with E-state index in [0.29, 0.717) is 12.5 Å². The van der Waals surface area contributed by atoms with Gasteiger partial charge in [-0.15, -0.1) is 5.10 Å². The summed E-state index contributed by atoms with van der Waals surface area (Å²) in [5.74, 6) is 1.49. The standard InChI is InChI=1S/C14H17N5S/c1-9(2)8-19-12-4-3-10(6-15)5-11(12)17-14(19)13-7-16-18-20-13/h3-5,7,9H,6,8,15H2,1-2H3. The van der Waals surface area contributed by atoms with Crippen LogP contribution in [0.2, 0.25) is 0 Å². The minimum absolute atomic E-state index is 0.532. The summed E-state index contributed by atoms with van der Waals surface area (Å²) in [6.45, 7) is 5.86. The van der Waals surface area contributed by atoms with Crippen molar-refractivity contribution in [2.75, 3.05) is 0 Å². The molecule has 0 aliphatic heterocycles. The third-order valence-corrected chi connectivity index (χ3v) is 3.84. The maximum Gasteiger partial charge on any atom is 0.154 e. The smallest absolute Gasteiger partial charge is 0.154 e. The molecular weight excluding hydrogens is 270 g/mol. The van der Waals surface area contributed by atoms with Gasteiger partial charge in [0.1, 0.15) is 4.88 Å². The molecule has 0 fully saturated rings. The Balaban J connectivity index is 2.21. The zero-order chi connectivity index (χ0) is 14.1. The molecule has 5 nitrogen and oxygen atoms in total. The Morgan fingerprint density at radius 1 is 1.35 bits per heavy atom. The Morgan fingerprint density at radius 2 is 2.20 bits per heavy atom. The molecule has 0 unspecified atom stereocenters. The highest BCUT2D eigenvalue weighted by atomic mass is 32.1. The molecule has 3 rings (SSSR count). The molecule has 3 aromatic rings. The van der Waals surface area contributed by atoms with E-state index in [4.69, 9.17) is 10.7 Å². The van der Waals surface area contributed by atoms with Crippen LogP contribution in [0.3, 0.4) is 0 Å². The molecule has 0 saturated carbocycles. The van der Waals surface area contributed by atoms with Gasteiger partial charge in [-0.1, -0.05) is 24.4 Å². The first kappa shape index (κ1) is 13.2. The highest BCUT2D eigenvalue weighted by Crippen LogP contribution is 2.27. The maximum absolute atomic E-state index is 5.71. The van der Waals surface area contributed by atoms with Gasteiger partial charge in [-0.2, -0.15) is 0 Å². The third-order valence-electron chi connectivity index (χ3n) is 3.18. The summed E-state index contributed by atoms with van der Waals surface area (Å²) in [4.78, 5) is 5.75. The molecule has 0 aliphatic rings. The molecular formula is C14H17N5S. The van der Waals surface area contributed by atoms with Crippen molar-refractivity contribution < 1.29 is 0 Å². The van der Waals surface area contributed by atoms with Gasteiger partial charge in [0.05, 0.1) is 17.2 Å². The molecule has 0 saturated heterocycles. The average molecular weight is 287 g/mol. The van der Waals surface area contributed by atoms with Crippen molar-refractivity contribution >= 4 is 22.6 Å². The lowest BCUT2D eigenvalue weighted by molar-refractivity contribution is 0.537. The van der Waals surface area contributed by atoms with E-state index in [1.165, 1.54) is 11.5 Å². The fourth-order valence-electron chi connectivity index (χ4n) is 2.31. The van der Waals surface area contributed by atoms with Crippen LogP contribution in [0.25, 0.3) is 21.7 Å². The molecule has 6 heteroatoms. The summed E-state index contributed by atoms with van der Waals surface area (Å²) in [5.41, 5.74) is 8.93. The second-order valence-electron chi connectivity index (χ2n) is 5.25. The number of hydrogen-bond donors (Lipinski definition) is 1. The van der Waals surface area contributed by atoms with E-state index in [9.17, 15) is 0 Å². The van der Waals surface area contributed by atoms with Crippen LogP contribution in [0.5, 0.6) is 0 Å².